The van der Waals surface area contributed by atoms with Crippen molar-refractivity contribution < 1.29 is 19.0 Å². The number of aliphatic hydroxyl groups excluding tert-OH is 1. The average Bonchev–Trinajstić information content (AvgIpc) is 3.26. The van der Waals surface area contributed by atoms with Gasteiger partial charge in [-0.25, -0.2) is 14.2 Å². The number of hydrogen-bond acceptors (Lipinski definition) is 6. The molecule has 3 aromatic rings. The summed E-state index contributed by atoms with van der Waals surface area (Å²) in [6, 6.07) is 3.18. The van der Waals surface area contributed by atoms with Gasteiger partial charge in [-0.15, -0.1) is 0 Å². The first-order valence-electron chi connectivity index (χ1n) is 12.3. The molecule has 1 aliphatic carbocycles. The van der Waals surface area contributed by atoms with Gasteiger partial charge in [-0.1, -0.05) is 27.7 Å². The Kier molecular flexibility index (Phi) is 6.79. The molecule has 7 nitrogen and oxygen atoms in total. The largest absolute Gasteiger partial charge is 0.458 e. The van der Waals surface area contributed by atoms with Crippen molar-refractivity contribution in [1.29, 1.82) is 0 Å². The maximum absolute atomic E-state index is 14.7. The van der Waals surface area contributed by atoms with Crippen LogP contribution >= 0.6 is 0 Å². The van der Waals surface area contributed by atoms with Crippen LogP contribution in [0, 0.1) is 12.7 Å². The topological polar surface area (TPSA) is 93.5 Å². The summed E-state index contributed by atoms with van der Waals surface area (Å²) in [4.78, 5) is 29.8. The van der Waals surface area contributed by atoms with Gasteiger partial charge < -0.3 is 19.7 Å². The molecule has 4 heterocycles. The minimum atomic E-state index is -1.50. The fourth-order valence-corrected chi connectivity index (χ4v) is 5.39. The first-order chi connectivity index (χ1) is 16.9. The van der Waals surface area contributed by atoms with E-state index in [1.54, 1.807) is 17.6 Å². The molecule has 0 amide bonds. The van der Waals surface area contributed by atoms with Gasteiger partial charge in [0.1, 0.15) is 12.4 Å². The van der Waals surface area contributed by atoms with E-state index >= 15 is 0 Å². The van der Waals surface area contributed by atoms with E-state index in [-0.39, 0.29) is 35.2 Å². The van der Waals surface area contributed by atoms with E-state index in [2.05, 4.69) is 5.32 Å². The number of halogens is 1. The second kappa shape index (κ2) is 9.51. The molecule has 2 aromatic heterocycles. The number of carbonyl (C=O) groups excluding carboxylic acids is 1. The molecule has 8 heteroatoms. The first-order valence-corrected chi connectivity index (χ1v) is 12.3. The summed E-state index contributed by atoms with van der Waals surface area (Å²) < 4.78 is 21.2. The van der Waals surface area contributed by atoms with Crippen molar-refractivity contribution in [2.75, 3.05) is 7.05 Å². The smallest absolute Gasteiger partial charge is 0.340 e. The van der Waals surface area contributed by atoms with Crippen LogP contribution in [0.4, 0.5) is 4.39 Å². The first kappa shape index (κ1) is 25.0. The van der Waals surface area contributed by atoms with E-state index in [0.29, 0.717) is 29.0 Å². The summed E-state index contributed by atoms with van der Waals surface area (Å²) >= 11 is 0. The third kappa shape index (κ3) is 3.58. The van der Waals surface area contributed by atoms with Crippen molar-refractivity contribution in [2.24, 2.45) is 0 Å². The normalized spacial score (nSPS) is 18.9. The van der Waals surface area contributed by atoms with Crippen LogP contribution < -0.4 is 10.9 Å². The number of nitrogens with zero attached hydrogens (tertiary/aromatic N) is 2. The van der Waals surface area contributed by atoms with Gasteiger partial charge in [-0.05, 0) is 49.6 Å². The fraction of sp³-hybridized carbons (Fsp3) is 0.444. The lowest BCUT2D eigenvalue weighted by Gasteiger charge is -2.28. The summed E-state index contributed by atoms with van der Waals surface area (Å²) in [6.45, 7) is 9.98. The number of ether oxygens (including phenoxy) is 1. The minimum Gasteiger partial charge on any atom is -0.458 e. The summed E-state index contributed by atoms with van der Waals surface area (Å²) in [6.07, 6.45) is 0.0792. The quantitative estimate of drug-likeness (QED) is 0.396. The van der Waals surface area contributed by atoms with Crippen LogP contribution in [0.1, 0.15) is 79.6 Å². The Balaban J connectivity index is 0.000000689. The third-order valence-corrected chi connectivity index (χ3v) is 7.00. The predicted octanol–water partition coefficient (Wildman–Crippen LogP) is 4.22. The number of rotatable bonds is 1. The highest BCUT2D eigenvalue weighted by Crippen LogP contribution is 2.45. The van der Waals surface area contributed by atoms with Crippen LogP contribution in [0.3, 0.4) is 0 Å². The van der Waals surface area contributed by atoms with Crippen molar-refractivity contribution >= 4 is 16.9 Å². The summed E-state index contributed by atoms with van der Waals surface area (Å²) in [5.41, 5.74) is 5.56. The number of pyridine rings is 2. The SMILES string of the molecule is CC.CC.CNC1CCc2c(C)c(F)cc3nc4c(c1c23)Cn1c-4cc2c(c1=O)COC(=O)C2O. The van der Waals surface area contributed by atoms with Gasteiger partial charge in [0.2, 0.25) is 0 Å². The lowest BCUT2D eigenvalue weighted by atomic mass is 9.82. The number of cyclic esters (lactones) is 1. The van der Waals surface area contributed by atoms with Crippen LogP contribution in [0.25, 0.3) is 22.3 Å². The van der Waals surface area contributed by atoms with Crippen LogP contribution in [0.15, 0.2) is 16.9 Å². The molecule has 0 radical (unpaired) electrons. The number of hydrogen-bond donors (Lipinski definition) is 2. The van der Waals surface area contributed by atoms with Gasteiger partial charge in [0, 0.05) is 28.6 Å². The zero-order valence-corrected chi connectivity index (χ0v) is 21.1. The zero-order valence-electron chi connectivity index (χ0n) is 21.1. The van der Waals surface area contributed by atoms with Crippen molar-refractivity contribution in [3.05, 3.63) is 61.7 Å². The molecule has 0 fully saturated rings. The number of fused-ring (bicyclic) bond motifs is 5. The predicted molar refractivity (Wildman–Crippen MR) is 133 cm³/mol. The van der Waals surface area contributed by atoms with Gasteiger partial charge >= 0.3 is 5.97 Å². The number of aryl methyl sites for hydroxylation is 1. The van der Waals surface area contributed by atoms with Crippen molar-refractivity contribution in [1.82, 2.24) is 14.9 Å². The van der Waals surface area contributed by atoms with E-state index in [4.69, 9.17) is 9.72 Å². The molecule has 0 bridgehead atoms. The van der Waals surface area contributed by atoms with E-state index in [9.17, 15) is 19.1 Å². The Hall–Kier alpha value is -3.10. The molecule has 0 spiro atoms. The third-order valence-electron chi connectivity index (χ3n) is 7.00. The van der Waals surface area contributed by atoms with Crippen molar-refractivity contribution in [3.63, 3.8) is 0 Å². The highest BCUT2D eigenvalue weighted by Gasteiger charge is 2.36. The van der Waals surface area contributed by atoms with Crippen molar-refractivity contribution in [2.45, 2.75) is 72.8 Å². The van der Waals surface area contributed by atoms with Gasteiger partial charge in [0.25, 0.3) is 5.56 Å². The monoisotopic (exact) mass is 481 g/mol. The summed E-state index contributed by atoms with van der Waals surface area (Å²) in [5.74, 6) is -1.06. The Morgan fingerprint density at radius 1 is 1.14 bits per heavy atom. The van der Waals surface area contributed by atoms with E-state index in [1.165, 1.54) is 6.07 Å². The second-order valence-corrected chi connectivity index (χ2v) is 8.45. The molecule has 2 unspecified atom stereocenters. The average molecular weight is 482 g/mol. The van der Waals surface area contributed by atoms with Crippen LogP contribution in [0.2, 0.25) is 0 Å². The van der Waals surface area contributed by atoms with E-state index in [0.717, 1.165) is 34.9 Å². The summed E-state index contributed by atoms with van der Waals surface area (Å²) in [5, 5.41) is 14.6. The maximum atomic E-state index is 14.7. The number of aliphatic hydroxyl groups is 1. The molecule has 0 saturated carbocycles. The Labute approximate surface area is 204 Å². The van der Waals surface area contributed by atoms with Gasteiger partial charge in [-0.2, -0.15) is 0 Å². The Morgan fingerprint density at radius 3 is 2.54 bits per heavy atom. The van der Waals surface area contributed by atoms with Crippen LogP contribution in [-0.2, 0) is 29.1 Å². The molecule has 2 aliphatic heterocycles. The molecule has 2 atom stereocenters. The highest BCUT2D eigenvalue weighted by atomic mass is 19.1. The maximum Gasteiger partial charge on any atom is 0.340 e. The van der Waals surface area contributed by atoms with E-state index < -0.39 is 12.1 Å². The molecular weight excluding hydrogens is 449 g/mol. The molecule has 3 aliphatic rings. The lowest BCUT2D eigenvalue weighted by molar-refractivity contribution is -0.157. The molecular formula is C27H32FN3O4. The number of aromatic nitrogens is 2. The van der Waals surface area contributed by atoms with Gasteiger partial charge in [0.05, 0.1) is 29.0 Å². The van der Waals surface area contributed by atoms with Gasteiger partial charge in [-0.3, -0.25) is 4.79 Å². The zero-order chi connectivity index (χ0) is 25.6. The Morgan fingerprint density at radius 2 is 1.86 bits per heavy atom. The molecule has 2 N–H and O–H groups in total. The standard InChI is InChI=1S/C23H20FN3O4.2C2H6/c1-9-10-3-4-15(25-2)19-12-7-27-17(20(12)26-16(18(10)19)6-14(9)24)5-11-13(22(27)29)8-31-23(30)21(11)28;2*1-2/h5-6,15,21,25,28H,3-4,7-8H2,1-2H3;2*1-2H3. The van der Waals surface area contributed by atoms with Crippen LogP contribution in [-0.4, -0.2) is 27.7 Å². The molecule has 35 heavy (non-hydrogen) atoms. The number of nitrogens with one attached hydrogen (secondary N) is 1. The fourth-order valence-electron chi connectivity index (χ4n) is 5.39. The van der Waals surface area contributed by atoms with Gasteiger partial charge in [0.15, 0.2) is 6.10 Å². The number of carbonyl (C=O) groups is 1. The van der Waals surface area contributed by atoms with Crippen LogP contribution in [0.5, 0.6) is 0 Å². The Bertz CT molecular complexity index is 1400. The molecule has 186 valence electrons. The number of benzene rings is 1. The lowest BCUT2D eigenvalue weighted by Crippen LogP contribution is -2.32. The second-order valence-electron chi connectivity index (χ2n) is 8.45. The number of esters is 1. The van der Waals surface area contributed by atoms with E-state index in [1.807, 2.05) is 34.7 Å². The molecule has 0 saturated heterocycles. The molecule has 1 aromatic carbocycles. The minimum absolute atomic E-state index is 0.0618. The summed E-state index contributed by atoms with van der Waals surface area (Å²) in [7, 11) is 1.90. The highest BCUT2D eigenvalue weighted by molar-refractivity contribution is 5.93. The van der Waals surface area contributed by atoms with Crippen molar-refractivity contribution in [3.8, 4) is 11.4 Å². The molecule has 6 rings (SSSR count).